The average molecular weight is 344 g/mol. The Balaban J connectivity index is 2.41. The molecule has 0 spiro atoms. The summed E-state index contributed by atoms with van der Waals surface area (Å²) in [5.74, 6) is 0.142. The molecule has 0 radical (unpaired) electrons. The molecule has 0 unspecified atom stereocenters. The maximum absolute atomic E-state index is 12.6. The lowest BCUT2D eigenvalue weighted by atomic mass is 9.95. The van der Waals surface area contributed by atoms with E-state index in [2.05, 4.69) is 10.6 Å². The number of carbonyl (C=O) groups excluding carboxylic acids is 2. The molecule has 134 valence electrons. The van der Waals surface area contributed by atoms with Gasteiger partial charge in [0.2, 0.25) is 0 Å². The van der Waals surface area contributed by atoms with E-state index in [0.717, 1.165) is 0 Å². The molecular weight excluding hydrogens is 320 g/mol. The highest BCUT2D eigenvalue weighted by molar-refractivity contribution is 5.95. The number of nitrogens with one attached hydrogen (secondary N) is 2. The topological polar surface area (TPSA) is 76.7 Å². The van der Waals surface area contributed by atoms with Crippen LogP contribution in [0.15, 0.2) is 47.7 Å². The molecule has 0 bridgehead atoms. The minimum Gasteiger partial charge on any atom is -0.491 e. The molecule has 0 fully saturated rings. The molecule has 1 heterocycles. The van der Waals surface area contributed by atoms with Gasteiger partial charge in [-0.15, -0.1) is 0 Å². The fourth-order valence-corrected chi connectivity index (χ4v) is 2.58. The Morgan fingerprint density at radius 3 is 2.72 bits per heavy atom. The molecule has 2 amide bonds. The Morgan fingerprint density at radius 2 is 2.04 bits per heavy atom. The first-order valence-electron chi connectivity index (χ1n) is 8.26. The van der Waals surface area contributed by atoms with Gasteiger partial charge in [-0.25, -0.2) is 9.59 Å². The molecule has 6 nitrogen and oxygen atoms in total. The summed E-state index contributed by atoms with van der Waals surface area (Å²) in [5, 5.41) is 5.42. The monoisotopic (exact) mass is 344 g/mol. The lowest BCUT2D eigenvalue weighted by Gasteiger charge is -2.29. The van der Waals surface area contributed by atoms with E-state index in [1.54, 1.807) is 19.1 Å². The summed E-state index contributed by atoms with van der Waals surface area (Å²) in [4.78, 5) is 24.5. The lowest BCUT2D eigenvalue weighted by Crippen LogP contribution is -2.45. The van der Waals surface area contributed by atoms with Gasteiger partial charge in [0.25, 0.3) is 0 Å². The van der Waals surface area contributed by atoms with Gasteiger partial charge >= 0.3 is 12.0 Å². The first-order chi connectivity index (χ1) is 11.9. The maximum Gasteiger partial charge on any atom is 0.338 e. The molecule has 1 aliphatic heterocycles. The van der Waals surface area contributed by atoms with Gasteiger partial charge in [0.1, 0.15) is 12.4 Å². The molecule has 6 heteroatoms. The third-order valence-corrected chi connectivity index (χ3v) is 3.63. The van der Waals surface area contributed by atoms with Crippen LogP contribution in [0.5, 0.6) is 5.75 Å². The molecule has 0 saturated carbocycles. The number of amides is 2. The van der Waals surface area contributed by atoms with Gasteiger partial charge in [0, 0.05) is 11.3 Å². The van der Waals surface area contributed by atoms with Crippen molar-refractivity contribution in [2.45, 2.75) is 39.8 Å². The fourth-order valence-electron chi connectivity index (χ4n) is 2.58. The van der Waals surface area contributed by atoms with Crippen molar-refractivity contribution in [1.82, 2.24) is 10.6 Å². The van der Waals surface area contributed by atoms with Crippen molar-refractivity contribution in [1.29, 1.82) is 0 Å². The number of hydrogen-bond acceptors (Lipinski definition) is 4. The smallest absolute Gasteiger partial charge is 0.338 e. The number of ether oxygens (including phenoxy) is 2. The zero-order chi connectivity index (χ0) is 18.4. The van der Waals surface area contributed by atoms with E-state index in [0.29, 0.717) is 22.6 Å². The minimum atomic E-state index is -0.637. The second-order valence-electron chi connectivity index (χ2n) is 5.94. The van der Waals surface area contributed by atoms with E-state index < -0.39 is 12.0 Å². The highest BCUT2D eigenvalue weighted by Crippen LogP contribution is 2.33. The summed E-state index contributed by atoms with van der Waals surface area (Å²) >= 11 is 0. The van der Waals surface area contributed by atoms with Gasteiger partial charge in [-0.1, -0.05) is 30.4 Å². The molecule has 0 aromatic heterocycles. The van der Waals surface area contributed by atoms with Crippen molar-refractivity contribution >= 4 is 12.0 Å². The number of allylic oxidation sites excluding steroid dienone is 2. The number of benzene rings is 1. The predicted octanol–water partition coefficient (Wildman–Crippen LogP) is 3.22. The number of hydrogen-bond donors (Lipinski definition) is 2. The van der Waals surface area contributed by atoms with Crippen LogP contribution in [-0.4, -0.2) is 24.7 Å². The second-order valence-corrected chi connectivity index (χ2v) is 5.94. The third-order valence-electron chi connectivity index (χ3n) is 3.63. The summed E-state index contributed by atoms with van der Waals surface area (Å²) < 4.78 is 11.1. The fraction of sp³-hybridized carbons (Fsp3) is 0.368. The van der Waals surface area contributed by atoms with E-state index >= 15 is 0 Å². The van der Waals surface area contributed by atoms with Crippen molar-refractivity contribution in [3.8, 4) is 5.75 Å². The van der Waals surface area contributed by atoms with Crippen molar-refractivity contribution in [2.75, 3.05) is 6.61 Å². The van der Waals surface area contributed by atoms with Crippen LogP contribution in [-0.2, 0) is 9.53 Å². The average Bonchev–Trinajstić information content (AvgIpc) is 2.54. The minimum absolute atomic E-state index is 0.0336. The van der Waals surface area contributed by atoms with Crippen LogP contribution in [0.4, 0.5) is 4.79 Å². The van der Waals surface area contributed by atoms with Crippen LogP contribution < -0.4 is 15.4 Å². The summed E-state index contributed by atoms with van der Waals surface area (Å²) in [6, 6.07) is 6.34. The lowest BCUT2D eigenvalue weighted by molar-refractivity contribution is -0.138. The van der Waals surface area contributed by atoms with E-state index in [9.17, 15) is 9.59 Å². The molecule has 1 aromatic rings. The normalized spacial score (nSPS) is 17.5. The second kappa shape index (κ2) is 8.37. The Kier molecular flexibility index (Phi) is 6.22. The maximum atomic E-state index is 12.6. The molecule has 2 rings (SSSR count). The van der Waals surface area contributed by atoms with Crippen LogP contribution in [0.25, 0.3) is 0 Å². The largest absolute Gasteiger partial charge is 0.491 e. The number of urea groups is 1. The van der Waals surface area contributed by atoms with Crippen LogP contribution >= 0.6 is 0 Å². The Bertz CT molecular complexity index is 707. The number of esters is 1. The number of para-hydroxylation sites is 1. The number of carbonyl (C=O) groups is 2. The van der Waals surface area contributed by atoms with Gasteiger partial charge in [0.05, 0.1) is 17.7 Å². The van der Waals surface area contributed by atoms with E-state index in [4.69, 9.17) is 9.47 Å². The van der Waals surface area contributed by atoms with Crippen molar-refractivity contribution in [3.63, 3.8) is 0 Å². The molecule has 0 aliphatic carbocycles. The van der Waals surface area contributed by atoms with Crippen molar-refractivity contribution in [3.05, 3.63) is 53.3 Å². The van der Waals surface area contributed by atoms with Crippen molar-refractivity contribution in [2.24, 2.45) is 0 Å². The third kappa shape index (κ3) is 4.62. The van der Waals surface area contributed by atoms with Crippen LogP contribution in [0.2, 0.25) is 0 Å². The molecular formula is C19H24N2O4. The Hall–Kier alpha value is -2.76. The summed E-state index contributed by atoms with van der Waals surface area (Å²) in [7, 11) is 0. The van der Waals surface area contributed by atoms with E-state index in [1.807, 2.05) is 45.0 Å². The van der Waals surface area contributed by atoms with Crippen LogP contribution in [0.3, 0.4) is 0 Å². The first kappa shape index (κ1) is 18.6. The Morgan fingerprint density at radius 1 is 1.32 bits per heavy atom. The van der Waals surface area contributed by atoms with E-state index in [1.165, 1.54) is 0 Å². The highest BCUT2D eigenvalue weighted by atomic mass is 16.5. The summed E-state index contributed by atoms with van der Waals surface area (Å²) in [6.45, 7) is 7.56. The van der Waals surface area contributed by atoms with Gasteiger partial charge in [0.15, 0.2) is 0 Å². The Labute approximate surface area is 147 Å². The molecule has 0 saturated heterocycles. The van der Waals surface area contributed by atoms with E-state index in [-0.39, 0.29) is 18.7 Å². The zero-order valence-electron chi connectivity index (χ0n) is 15.0. The summed E-state index contributed by atoms with van der Waals surface area (Å²) in [6.07, 6.45) is 3.51. The predicted molar refractivity (Wildman–Crippen MR) is 95.1 cm³/mol. The SMILES string of the molecule is C/C=C/COC(=O)C1=C(C)NC(=O)N[C@@H]1c1ccccc1OC(C)C. The first-order valence-corrected chi connectivity index (χ1v) is 8.26. The van der Waals surface area contributed by atoms with Crippen LogP contribution in [0.1, 0.15) is 39.3 Å². The molecule has 1 aliphatic rings. The quantitative estimate of drug-likeness (QED) is 0.614. The number of rotatable bonds is 6. The van der Waals surface area contributed by atoms with Crippen molar-refractivity contribution < 1.29 is 19.1 Å². The molecule has 1 aromatic carbocycles. The van der Waals surface area contributed by atoms with Gasteiger partial charge in [-0.05, 0) is 33.8 Å². The zero-order valence-corrected chi connectivity index (χ0v) is 15.0. The molecule has 25 heavy (non-hydrogen) atoms. The van der Waals surface area contributed by atoms with Crippen LogP contribution in [0, 0.1) is 0 Å². The van der Waals surface area contributed by atoms with Gasteiger partial charge < -0.3 is 20.1 Å². The standard InChI is InChI=1S/C19H24N2O4/c1-5-6-11-24-18(22)16-13(4)20-19(23)21-17(16)14-9-7-8-10-15(14)25-12(2)3/h5-10,12,17H,11H2,1-4H3,(H2,20,21,23)/b6-5+/t17-/m1/s1. The molecule has 2 N–H and O–H groups in total. The van der Waals surface area contributed by atoms with Gasteiger partial charge in [-0.2, -0.15) is 0 Å². The highest BCUT2D eigenvalue weighted by Gasteiger charge is 2.33. The van der Waals surface area contributed by atoms with Gasteiger partial charge in [-0.3, -0.25) is 0 Å². The molecule has 1 atom stereocenters. The summed E-state index contributed by atoms with van der Waals surface area (Å²) in [5.41, 5.74) is 1.55.